The Labute approximate surface area is 120 Å². The predicted molar refractivity (Wildman–Crippen MR) is 82.7 cm³/mol. The first-order valence-electron chi connectivity index (χ1n) is 6.95. The van der Waals surface area contributed by atoms with Crippen molar-refractivity contribution < 1.29 is 0 Å². The number of rotatable bonds is 4. The Morgan fingerprint density at radius 3 is 2.50 bits per heavy atom. The van der Waals surface area contributed by atoms with Gasteiger partial charge in [0.25, 0.3) is 0 Å². The van der Waals surface area contributed by atoms with Gasteiger partial charge in [0, 0.05) is 27.2 Å². The number of piperidine rings is 1. The maximum absolute atomic E-state index is 6.20. The van der Waals surface area contributed by atoms with Gasteiger partial charge in [-0.3, -0.25) is 0 Å². The average molecular weight is 279 g/mol. The second kappa shape index (κ2) is 6.23. The molecule has 0 bridgehead atoms. The summed E-state index contributed by atoms with van der Waals surface area (Å²) in [7, 11) is 8.03. The van der Waals surface area contributed by atoms with Gasteiger partial charge >= 0.3 is 0 Å². The molecule has 0 aromatic carbocycles. The molecule has 1 saturated heterocycles. The standard InChI is InChI=1S/C13H25N7/c1-18(2)17-12-11(14)13(16-9-15-12)20(4)10-5-7-19(3)8-6-10/h9-10H,5-8,14H2,1-4H3,(H,15,16,17). The number of nitrogens with one attached hydrogen (secondary N) is 1. The van der Waals surface area contributed by atoms with E-state index in [1.807, 2.05) is 19.1 Å². The predicted octanol–water partition coefficient (Wildman–Crippen LogP) is 0.478. The summed E-state index contributed by atoms with van der Waals surface area (Å²) in [5.41, 5.74) is 9.90. The van der Waals surface area contributed by atoms with Crippen LogP contribution in [0.3, 0.4) is 0 Å². The first-order valence-corrected chi connectivity index (χ1v) is 6.95. The lowest BCUT2D eigenvalue weighted by Crippen LogP contribution is -2.42. The molecule has 1 aliphatic heterocycles. The molecule has 2 rings (SSSR count). The lowest BCUT2D eigenvalue weighted by molar-refractivity contribution is 0.252. The van der Waals surface area contributed by atoms with E-state index in [9.17, 15) is 0 Å². The molecule has 0 amide bonds. The van der Waals surface area contributed by atoms with Gasteiger partial charge in [-0.15, -0.1) is 0 Å². The van der Waals surface area contributed by atoms with E-state index in [0.717, 1.165) is 31.7 Å². The summed E-state index contributed by atoms with van der Waals surface area (Å²) in [5.74, 6) is 1.46. The Kier molecular flexibility index (Phi) is 4.61. The highest BCUT2D eigenvalue weighted by atomic mass is 15.5. The molecule has 2 heterocycles. The number of nitrogens with two attached hydrogens (primary N) is 1. The van der Waals surface area contributed by atoms with Gasteiger partial charge in [-0.2, -0.15) is 0 Å². The van der Waals surface area contributed by atoms with Crippen LogP contribution < -0.4 is 16.1 Å². The second-order valence-electron chi connectivity index (χ2n) is 5.61. The van der Waals surface area contributed by atoms with Crippen molar-refractivity contribution in [3.05, 3.63) is 6.33 Å². The summed E-state index contributed by atoms with van der Waals surface area (Å²) in [6, 6.07) is 0.482. The Morgan fingerprint density at radius 2 is 1.90 bits per heavy atom. The van der Waals surface area contributed by atoms with Gasteiger partial charge in [0.1, 0.15) is 12.0 Å². The molecule has 0 atom stereocenters. The van der Waals surface area contributed by atoms with Crippen molar-refractivity contribution in [3.8, 4) is 0 Å². The molecule has 20 heavy (non-hydrogen) atoms. The van der Waals surface area contributed by atoms with E-state index in [0.29, 0.717) is 17.5 Å². The Balaban J connectivity index is 2.15. The highest BCUT2D eigenvalue weighted by molar-refractivity contribution is 5.74. The molecule has 0 unspecified atom stereocenters. The van der Waals surface area contributed by atoms with Gasteiger partial charge in [-0.05, 0) is 33.0 Å². The molecule has 1 aromatic rings. The van der Waals surface area contributed by atoms with Crippen LogP contribution in [-0.4, -0.2) is 67.2 Å². The van der Waals surface area contributed by atoms with Gasteiger partial charge in [-0.25, -0.2) is 15.0 Å². The van der Waals surface area contributed by atoms with Crippen LogP contribution in [0.4, 0.5) is 17.3 Å². The normalized spacial score (nSPS) is 17.4. The number of hydrogen-bond donors (Lipinski definition) is 2. The number of nitrogens with zero attached hydrogens (tertiary/aromatic N) is 5. The van der Waals surface area contributed by atoms with Crippen LogP contribution >= 0.6 is 0 Å². The molecule has 1 aliphatic rings. The molecule has 0 saturated carbocycles. The number of hydrogen-bond acceptors (Lipinski definition) is 7. The zero-order valence-electron chi connectivity index (χ0n) is 12.8. The fraction of sp³-hybridized carbons (Fsp3) is 0.692. The number of hydrazine groups is 1. The van der Waals surface area contributed by atoms with E-state index in [1.54, 1.807) is 6.33 Å². The maximum atomic E-state index is 6.20. The van der Waals surface area contributed by atoms with Crippen molar-refractivity contribution in [3.63, 3.8) is 0 Å². The number of aromatic nitrogens is 2. The Hall–Kier alpha value is -1.60. The Bertz CT molecular complexity index is 440. The molecule has 7 nitrogen and oxygen atoms in total. The molecular weight excluding hydrogens is 254 g/mol. The van der Waals surface area contributed by atoms with Crippen molar-refractivity contribution in [1.82, 2.24) is 19.9 Å². The first-order chi connectivity index (χ1) is 9.49. The third-order valence-electron chi connectivity index (χ3n) is 3.76. The van der Waals surface area contributed by atoms with Crippen LogP contribution in [0.5, 0.6) is 0 Å². The van der Waals surface area contributed by atoms with E-state index in [1.165, 1.54) is 0 Å². The topological polar surface area (TPSA) is 73.6 Å². The summed E-state index contributed by atoms with van der Waals surface area (Å²) in [5, 5.41) is 1.82. The summed E-state index contributed by atoms with van der Waals surface area (Å²) < 4.78 is 0. The lowest BCUT2D eigenvalue weighted by atomic mass is 10.0. The first kappa shape index (κ1) is 14.8. The van der Waals surface area contributed by atoms with Crippen LogP contribution in [-0.2, 0) is 0 Å². The lowest BCUT2D eigenvalue weighted by Gasteiger charge is -2.36. The fourth-order valence-corrected chi connectivity index (χ4v) is 2.52. The highest BCUT2D eigenvalue weighted by Crippen LogP contribution is 2.28. The van der Waals surface area contributed by atoms with Crippen LogP contribution in [0.15, 0.2) is 6.33 Å². The van der Waals surface area contributed by atoms with Crippen molar-refractivity contribution in [1.29, 1.82) is 0 Å². The third kappa shape index (κ3) is 3.29. The molecule has 0 radical (unpaired) electrons. The third-order valence-corrected chi connectivity index (χ3v) is 3.76. The van der Waals surface area contributed by atoms with Crippen molar-refractivity contribution in [2.24, 2.45) is 0 Å². The van der Waals surface area contributed by atoms with Gasteiger partial charge < -0.3 is 21.0 Å². The average Bonchev–Trinajstić information content (AvgIpc) is 2.41. The number of likely N-dealkylation sites (tertiary alicyclic amines) is 1. The SMILES string of the molecule is CN1CCC(N(C)c2ncnc(NN(C)C)c2N)CC1. The molecule has 1 aromatic heterocycles. The fourth-order valence-electron chi connectivity index (χ4n) is 2.52. The van der Waals surface area contributed by atoms with Crippen LogP contribution in [0.2, 0.25) is 0 Å². The van der Waals surface area contributed by atoms with E-state index in [4.69, 9.17) is 5.73 Å². The molecule has 7 heteroatoms. The van der Waals surface area contributed by atoms with Crippen molar-refractivity contribution in [2.45, 2.75) is 18.9 Å². The van der Waals surface area contributed by atoms with Crippen molar-refractivity contribution in [2.75, 3.05) is 57.3 Å². The summed E-state index contributed by atoms with van der Waals surface area (Å²) in [6.45, 7) is 2.23. The van der Waals surface area contributed by atoms with Crippen LogP contribution in [0, 0.1) is 0 Å². The zero-order valence-corrected chi connectivity index (χ0v) is 12.8. The van der Waals surface area contributed by atoms with E-state index < -0.39 is 0 Å². The molecule has 1 fully saturated rings. The van der Waals surface area contributed by atoms with Gasteiger partial charge in [-0.1, -0.05) is 0 Å². The maximum Gasteiger partial charge on any atom is 0.169 e. The summed E-state index contributed by atoms with van der Waals surface area (Å²) in [4.78, 5) is 13.1. The van der Waals surface area contributed by atoms with Crippen LogP contribution in [0.1, 0.15) is 12.8 Å². The van der Waals surface area contributed by atoms with Gasteiger partial charge in [0.15, 0.2) is 11.6 Å². The second-order valence-corrected chi connectivity index (χ2v) is 5.61. The van der Waals surface area contributed by atoms with E-state index in [2.05, 4.69) is 39.3 Å². The highest BCUT2D eigenvalue weighted by Gasteiger charge is 2.23. The molecular formula is C13H25N7. The van der Waals surface area contributed by atoms with Crippen molar-refractivity contribution >= 4 is 17.3 Å². The van der Waals surface area contributed by atoms with E-state index in [-0.39, 0.29) is 0 Å². The number of nitrogen functional groups attached to an aromatic ring is 1. The molecule has 3 N–H and O–H groups in total. The largest absolute Gasteiger partial charge is 0.393 e. The molecule has 0 spiro atoms. The van der Waals surface area contributed by atoms with Gasteiger partial charge in [0.2, 0.25) is 0 Å². The zero-order chi connectivity index (χ0) is 14.7. The quantitative estimate of drug-likeness (QED) is 0.776. The number of anilines is 3. The Morgan fingerprint density at radius 1 is 1.25 bits per heavy atom. The molecule has 112 valence electrons. The minimum Gasteiger partial charge on any atom is -0.393 e. The van der Waals surface area contributed by atoms with E-state index >= 15 is 0 Å². The smallest absolute Gasteiger partial charge is 0.169 e. The van der Waals surface area contributed by atoms with Gasteiger partial charge in [0.05, 0.1) is 0 Å². The monoisotopic (exact) mass is 279 g/mol. The molecule has 0 aliphatic carbocycles. The summed E-state index contributed by atoms with van der Waals surface area (Å²) >= 11 is 0. The summed E-state index contributed by atoms with van der Waals surface area (Å²) in [6.07, 6.45) is 3.82. The minimum absolute atomic E-state index is 0.482. The van der Waals surface area contributed by atoms with Crippen LogP contribution in [0.25, 0.3) is 0 Å². The minimum atomic E-state index is 0.482.